The highest BCUT2D eigenvalue weighted by Crippen LogP contribution is 2.06. The Kier molecular flexibility index (Phi) is 4.02. The van der Waals surface area contributed by atoms with Gasteiger partial charge in [-0.1, -0.05) is 13.8 Å². The molecule has 2 aromatic rings. The Bertz CT molecular complexity index is 800. The standard InChI is InChI=1S/C12H14N6O4/c1-4(2)6(11(21)22)16-9(19)5-3-14-7-8(15-5)17-12(13)18-10(7)20/h3-4,6H,1-2H3,(H,16,19)(H,21,22)(H3,13,15,17,18,20)/t6-/m1/s1. The molecule has 1 amide bonds. The molecule has 2 aromatic heterocycles. The number of carboxylic acid groups (broad SMARTS) is 1. The number of amides is 1. The number of rotatable bonds is 4. The molecule has 0 bridgehead atoms. The van der Waals surface area contributed by atoms with Crippen molar-refractivity contribution in [1.29, 1.82) is 0 Å². The molecule has 0 saturated carbocycles. The fraction of sp³-hybridized carbons (Fsp3) is 0.333. The molecule has 10 heteroatoms. The number of carbonyl (C=O) groups is 2. The van der Waals surface area contributed by atoms with E-state index in [4.69, 9.17) is 10.8 Å². The zero-order valence-corrected chi connectivity index (χ0v) is 11.8. The molecule has 0 spiro atoms. The molecule has 0 aliphatic rings. The van der Waals surface area contributed by atoms with Crippen LogP contribution in [0.5, 0.6) is 0 Å². The largest absolute Gasteiger partial charge is 0.480 e. The summed E-state index contributed by atoms with van der Waals surface area (Å²) in [7, 11) is 0. The lowest BCUT2D eigenvalue weighted by Crippen LogP contribution is -2.44. The van der Waals surface area contributed by atoms with Crippen molar-refractivity contribution in [3.05, 3.63) is 22.2 Å². The fourth-order valence-corrected chi connectivity index (χ4v) is 1.77. The van der Waals surface area contributed by atoms with E-state index in [9.17, 15) is 14.4 Å². The highest BCUT2D eigenvalue weighted by molar-refractivity contribution is 5.95. The van der Waals surface area contributed by atoms with Crippen molar-refractivity contribution in [2.24, 2.45) is 5.92 Å². The Balaban J connectivity index is 2.36. The van der Waals surface area contributed by atoms with E-state index in [2.05, 4.69) is 25.3 Å². The van der Waals surface area contributed by atoms with Crippen LogP contribution in [0, 0.1) is 5.92 Å². The van der Waals surface area contributed by atoms with Gasteiger partial charge in [-0.25, -0.2) is 14.8 Å². The number of hydrogen-bond acceptors (Lipinski definition) is 7. The topological polar surface area (TPSA) is 164 Å². The van der Waals surface area contributed by atoms with Crippen LogP contribution in [0.15, 0.2) is 11.0 Å². The molecular formula is C12H14N6O4. The van der Waals surface area contributed by atoms with Crippen molar-refractivity contribution in [2.75, 3.05) is 5.73 Å². The van der Waals surface area contributed by atoms with Crippen LogP contribution in [0.4, 0.5) is 5.95 Å². The van der Waals surface area contributed by atoms with E-state index in [1.807, 2.05) is 0 Å². The minimum atomic E-state index is -1.16. The minimum absolute atomic E-state index is 0.0654. The lowest BCUT2D eigenvalue weighted by Gasteiger charge is -2.17. The first kappa shape index (κ1) is 15.4. The van der Waals surface area contributed by atoms with Gasteiger partial charge in [-0.05, 0) is 5.92 Å². The fourth-order valence-electron chi connectivity index (χ4n) is 1.77. The van der Waals surface area contributed by atoms with Gasteiger partial charge in [-0.15, -0.1) is 0 Å². The second-order valence-electron chi connectivity index (χ2n) is 4.91. The van der Waals surface area contributed by atoms with Crippen molar-refractivity contribution < 1.29 is 14.7 Å². The number of aliphatic carboxylic acids is 1. The van der Waals surface area contributed by atoms with Gasteiger partial charge in [0.15, 0.2) is 11.2 Å². The summed E-state index contributed by atoms with van der Waals surface area (Å²) in [5, 5.41) is 11.4. The maximum Gasteiger partial charge on any atom is 0.326 e. The van der Waals surface area contributed by atoms with Crippen LogP contribution in [-0.2, 0) is 4.79 Å². The lowest BCUT2D eigenvalue weighted by molar-refractivity contribution is -0.140. The number of nitrogens with zero attached hydrogens (tertiary/aromatic N) is 3. The van der Waals surface area contributed by atoms with E-state index >= 15 is 0 Å². The Morgan fingerprint density at radius 2 is 2.05 bits per heavy atom. The van der Waals surface area contributed by atoms with E-state index in [0.29, 0.717) is 0 Å². The zero-order chi connectivity index (χ0) is 16.4. The molecule has 2 rings (SSSR count). The summed E-state index contributed by atoms with van der Waals surface area (Å²) in [6.07, 6.45) is 1.07. The average Bonchev–Trinajstić information content (AvgIpc) is 2.42. The summed E-state index contributed by atoms with van der Waals surface area (Å²) >= 11 is 0. The number of anilines is 1. The molecule has 5 N–H and O–H groups in total. The molecule has 0 aromatic carbocycles. The van der Waals surface area contributed by atoms with Crippen molar-refractivity contribution in [2.45, 2.75) is 19.9 Å². The number of aromatic nitrogens is 4. The molecule has 0 fully saturated rings. The summed E-state index contributed by atoms with van der Waals surface area (Å²) in [4.78, 5) is 48.5. The summed E-state index contributed by atoms with van der Waals surface area (Å²) < 4.78 is 0. The van der Waals surface area contributed by atoms with Gasteiger partial charge in [-0.2, -0.15) is 4.98 Å². The maximum atomic E-state index is 12.1. The van der Waals surface area contributed by atoms with Crippen LogP contribution >= 0.6 is 0 Å². The quantitative estimate of drug-likeness (QED) is 0.566. The van der Waals surface area contributed by atoms with Crippen molar-refractivity contribution in [1.82, 2.24) is 25.3 Å². The highest BCUT2D eigenvalue weighted by Gasteiger charge is 2.24. The van der Waals surface area contributed by atoms with Crippen molar-refractivity contribution in [3.63, 3.8) is 0 Å². The first-order valence-electron chi connectivity index (χ1n) is 6.35. The van der Waals surface area contributed by atoms with E-state index in [1.165, 1.54) is 0 Å². The van der Waals surface area contributed by atoms with E-state index < -0.39 is 23.5 Å². The van der Waals surface area contributed by atoms with E-state index in [0.717, 1.165) is 6.20 Å². The van der Waals surface area contributed by atoms with Gasteiger partial charge < -0.3 is 16.2 Å². The smallest absolute Gasteiger partial charge is 0.326 e. The molecule has 0 radical (unpaired) electrons. The van der Waals surface area contributed by atoms with E-state index in [-0.39, 0.29) is 28.7 Å². The van der Waals surface area contributed by atoms with Gasteiger partial charge in [-0.3, -0.25) is 14.6 Å². The Hall–Kier alpha value is -3.04. The molecule has 10 nitrogen and oxygen atoms in total. The van der Waals surface area contributed by atoms with Crippen LogP contribution in [-0.4, -0.2) is 43.0 Å². The number of fused-ring (bicyclic) bond motifs is 1. The summed E-state index contributed by atoms with van der Waals surface area (Å²) in [6.45, 7) is 3.32. The van der Waals surface area contributed by atoms with Crippen LogP contribution in [0.25, 0.3) is 11.2 Å². The van der Waals surface area contributed by atoms with Crippen molar-refractivity contribution in [3.8, 4) is 0 Å². The predicted molar refractivity (Wildman–Crippen MR) is 76.1 cm³/mol. The first-order valence-corrected chi connectivity index (χ1v) is 6.35. The van der Waals surface area contributed by atoms with Gasteiger partial charge in [0.25, 0.3) is 11.5 Å². The summed E-state index contributed by atoms with van der Waals surface area (Å²) in [5.41, 5.74) is 4.51. The molecule has 0 unspecified atom stereocenters. The number of nitrogens with one attached hydrogen (secondary N) is 2. The third kappa shape index (κ3) is 3.00. The third-order valence-corrected chi connectivity index (χ3v) is 2.89. The normalized spacial score (nSPS) is 12.3. The molecular weight excluding hydrogens is 292 g/mol. The minimum Gasteiger partial charge on any atom is -0.480 e. The molecule has 2 heterocycles. The number of aromatic amines is 1. The first-order chi connectivity index (χ1) is 10.3. The molecule has 0 aliphatic carbocycles. The number of H-pyrrole nitrogens is 1. The predicted octanol–water partition coefficient (Wildman–Crippen LogP) is -0.866. The second kappa shape index (κ2) is 5.76. The molecule has 116 valence electrons. The van der Waals surface area contributed by atoms with Crippen LogP contribution in [0.2, 0.25) is 0 Å². The van der Waals surface area contributed by atoms with Crippen molar-refractivity contribution >= 4 is 29.0 Å². The van der Waals surface area contributed by atoms with Gasteiger partial charge in [0.05, 0.1) is 6.20 Å². The SMILES string of the molecule is CC(C)[C@@H](NC(=O)c1cnc2c(=O)[nH]c(N)nc2n1)C(=O)O. The third-order valence-electron chi connectivity index (χ3n) is 2.89. The van der Waals surface area contributed by atoms with E-state index in [1.54, 1.807) is 13.8 Å². The van der Waals surface area contributed by atoms with Gasteiger partial charge in [0, 0.05) is 0 Å². The number of hydrogen-bond donors (Lipinski definition) is 4. The molecule has 0 saturated heterocycles. The number of nitrogen functional groups attached to an aromatic ring is 1. The number of nitrogens with two attached hydrogens (primary N) is 1. The summed E-state index contributed by atoms with van der Waals surface area (Å²) in [5.74, 6) is -2.35. The Morgan fingerprint density at radius 3 is 2.64 bits per heavy atom. The average molecular weight is 306 g/mol. The number of carboxylic acids is 1. The van der Waals surface area contributed by atoms with Crippen LogP contribution < -0.4 is 16.6 Å². The van der Waals surface area contributed by atoms with Crippen LogP contribution in [0.3, 0.4) is 0 Å². The molecule has 22 heavy (non-hydrogen) atoms. The second-order valence-corrected chi connectivity index (χ2v) is 4.91. The Labute approximate surface area is 123 Å². The monoisotopic (exact) mass is 306 g/mol. The molecule has 1 atom stereocenters. The van der Waals surface area contributed by atoms with Gasteiger partial charge in [0.1, 0.15) is 11.7 Å². The molecule has 0 aliphatic heterocycles. The van der Waals surface area contributed by atoms with Gasteiger partial charge >= 0.3 is 5.97 Å². The van der Waals surface area contributed by atoms with Crippen LogP contribution in [0.1, 0.15) is 24.3 Å². The Morgan fingerprint density at radius 1 is 1.36 bits per heavy atom. The van der Waals surface area contributed by atoms with Gasteiger partial charge in [0.2, 0.25) is 5.95 Å². The number of carbonyl (C=O) groups excluding carboxylic acids is 1. The maximum absolute atomic E-state index is 12.1. The summed E-state index contributed by atoms with van der Waals surface area (Å²) in [6, 6.07) is -1.07. The zero-order valence-electron chi connectivity index (χ0n) is 11.8. The lowest BCUT2D eigenvalue weighted by atomic mass is 10.0. The highest BCUT2D eigenvalue weighted by atomic mass is 16.4.